The number of carboxylic acids is 2. The van der Waals surface area contributed by atoms with Gasteiger partial charge in [0.05, 0.1) is 26.1 Å². The van der Waals surface area contributed by atoms with E-state index in [0.29, 0.717) is 6.54 Å². The van der Waals surface area contributed by atoms with Gasteiger partial charge in [-0.25, -0.2) is 9.59 Å². The molecule has 0 aliphatic rings. The Morgan fingerprint density at radius 3 is 1.71 bits per heavy atom. The number of hydrogen-bond donors (Lipinski definition) is 4. The molecule has 0 aromatic rings. The van der Waals surface area contributed by atoms with Crippen molar-refractivity contribution in [1.29, 1.82) is 0 Å². The fraction of sp³-hybridized carbons (Fsp3) is 0.714. The number of carbonyl (C=O) groups excluding carboxylic acids is 5. The van der Waals surface area contributed by atoms with Crippen LogP contribution in [0.15, 0.2) is 0 Å². The van der Waals surface area contributed by atoms with Crippen LogP contribution in [-0.2, 0) is 38.2 Å². The molecule has 0 rings (SSSR count). The lowest BCUT2D eigenvalue weighted by molar-refractivity contribution is -0.344. The van der Waals surface area contributed by atoms with E-state index < -0.39 is 60.3 Å². The van der Waals surface area contributed by atoms with Crippen LogP contribution in [-0.4, -0.2) is 84.6 Å². The maximum atomic E-state index is 11.4. The minimum atomic E-state index is -5.19. The first-order valence-corrected chi connectivity index (χ1v) is 11.1. The number of amides is 2. The van der Waals surface area contributed by atoms with Crippen molar-refractivity contribution < 1.29 is 66.4 Å². The summed E-state index contributed by atoms with van der Waals surface area (Å²) in [4.78, 5) is 64.1. The SMILES string of the molecule is CCNC(=O)CC(N)C(=O)OCC.CCOC(=O)C(CC(=O)O)NC(=O)OC(C)(C)C.O=C([O-])C(F)(F)F. The smallest absolute Gasteiger partial charge is 0.430 e. The molecule has 0 saturated carbocycles. The summed E-state index contributed by atoms with van der Waals surface area (Å²) in [6.07, 6.45) is -6.63. The van der Waals surface area contributed by atoms with Gasteiger partial charge >= 0.3 is 30.2 Å². The van der Waals surface area contributed by atoms with Crippen molar-refractivity contribution in [2.75, 3.05) is 19.8 Å². The van der Waals surface area contributed by atoms with Crippen molar-refractivity contribution in [2.45, 2.75) is 78.2 Å². The number of hydrogen-bond acceptors (Lipinski definition) is 11. The quantitative estimate of drug-likeness (QED) is 0.197. The van der Waals surface area contributed by atoms with Gasteiger partial charge in [0.25, 0.3) is 0 Å². The van der Waals surface area contributed by atoms with Crippen molar-refractivity contribution in [3.05, 3.63) is 0 Å². The van der Waals surface area contributed by atoms with Crippen molar-refractivity contribution in [1.82, 2.24) is 10.6 Å². The standard InChI is InChI=1S/C11H19NO6.C8H16N2O3.C2HF3O2/c1-5-17-9(15)7(6-8(13)14)12-10(16)18-11(2,3)4;1-3-10-7(11)5-6(9)8(12)13-4-2;3-2(4,5)1(6)7/h7H,5-6H2,1-4H3,(H,12,16)(H,13,14);6H,3-5,9H2,1-2H3,(H,10,11);(H,6,7)/p-1. The number of alkyl carbamates (subject to hydrolysis) is 1. The molecule has 38 heavy (non-hydrogen) atoms. The molecule has 0 heterocycles. The molecule has 14 nitrogen and oxygen atoms in total. The molecule has 5 N–H and O–H groups in total. The molecule has 0 aliphatic carbocycles. The first kappa shape index (κ1) is 38.9. The van der Waals surface area contributed by atoms with Crippen LogP contribution in [0.1, 0.15) is 54.4 Å². The lowest BCUT2D eigenvalue weighted by atomic mass is 10.2. The number of esters is 2. The average molecular weight is 563 g/mol. The number of alkyl halides is 3. The topological polar surface area (TPSA) is 223 Å². The van der Waals surface area contributed by atoms with Crippen LogP contribution in [0, 0.1) is 0 Å². The molecule has 0 aromatic heterocycles. The third kappa shape index (κ3) is 24.1. The van der Waals surface area contributed by atoms with E-state index in [0.717, 1.165) is 0 Å². The predicted molar refractivity (Wildman–Crippen MR) is 121 cm³/mol. The molecule has 0 aromatic carbocycles. The predicted octanol–water partition coefficient (Wildman–Crippen LogP) is -0.381. The van der Waals surface area contributed by atoms with E-state index in [1.54, 1.807) is 41.5 Å². The number of rotatable bonds is 10. The summed E-state index contributed by atoms with van der Waals surface area (Å²) in [5.74, 6) is -5.79. The number of halogens is 3. The van der Waals surface area contributed by atoms with E-state index in [2.05, 4.69) is 20.1 Å². The van der Waals surface area contributed by atoms with Gasteiger partial charge in [0.1, 0.15) is 23.7 Å². The molecule has 222 valence electrons. The summed E-state index contributed by atoms with van der Waals surface area (Å²) in [7, 11) is 0. The molecular formula is C21H35F3N3O11-. The van der Waals surface area contributed by atoms with Crippen LogP contribution in [0.3, 0.4) is 0 Å². The molecule has 2 atom stereocenters. The fourth-order valence-electron chi connectivity index (χ4n) is 1.86. The monoisotopic (exact) mass is 562 g/mol. The average Bonchev–Trinajstić information content (AvgIpc) is 2.72. The summed E-state index contributed by atoms with van der Waals surface area (Å²) < 4.78 is 45.8. The highest BCUT2D eigenvalue weighted by Crippen LogP contribution is 2.11. The Hall–Kier alpha value is -3.63. The number of ether oxygens (including phenoxy) is 3. The van der Waals surface area contributed by atoms with Gasteiger partial charge in [-0.1, -0.05) is 0 Å². The zero-order valence-corrected chi connectivity index (χ0v) is 21.9. The minimum absolute atomic E-state index is 0.0212. The van der Waals surface area contributed by atoms with E-state index in [1.165, 1.54) is 0 Å². The van der Waals surface area contributed by atoms with Gasteiger partial charge < -0.3 is 45.6 Å². The number of carboxylic acid groups (broad SMARTS) is 2. The van der Waals surface area contributed by atoms with Crippen molar-refractivity contribution in [3.63, 3.8) is 0 Å². The molecule has 2 amide bonds. The zero-order valence-electron chi connectivity index (χ0n) is 21.9. The lowest BCUT2D eigenvalue weighted by Crippen LogP contribution is -2.45. The van der Waals surface area contributed by atoms with Gasteiger partial charge in [0.2, 0.25) is 5.91 Å². The highest BCUT2D eigenvalue weighted by Gasteiger charge is 2.29. The highest BCUT2D eigenvalue weighted by atomic mass is 19.4. The van der Waals surface area contributed by atoms with Crippen molar-refractivity contribution in [2.24, 2.45) is 5.73 Å². The van der Waals surface area contributed by atoms with Crippen LogP contribution in [0.2, 0.25) is 0 Å². The molecule has 0 radical (unpaired) electrons. The van der Waals surface area contributed by atoms with Crippen molar-refractivity contribution in [3.8, 4) is 0 Å². The largest absolute Gasteiger partial charge is 0.542 e. The van der Waals surface area contributed by atoms with Gasteiger partial charge in [-0.05, 0) is 41.5 Å². The van der Waals surface area contributed by atoms with Gasteiger partial charge in [0.15, 0.2) is 0 Å². The van der Waals surface area contributed by atoms with Gasteiger partial charge in [-0.2, -0.15) is 13.2 Å². The molecule has 0 bridgehead atoms. The third-order valence-corrected chi connectivity index (χ3v) is 3.24. The summed E-state index contributed by atoms with van der Waals surface area (Å²) >= 11 is 0. The maximum absolute atomic E-state index is 11.4. The zero-order chi connectivity index (χ0) is 30.7. The second kappa shape index (κ2) is 19.5. The fourth-order valence-corrected chi connectivity index (χ4v) is 1.86. The lowest BCUT2D eigenvalue weighted by Gasteiger charge is -2.22. The Morgan fingerprint density at radius 2 is 1.37 bits per heavy atom. The van der Waals surface area contributed by atoms with Crippen LogP contribution in [0.4, 0.5) is 18.0 Å². The van der Waals surface area contributed by atoms with Gasteiger partial charge in [-0.3, -0.25) is 14.4 Å². The van der Waals surface area contributed by atoms with E-state index in [1.807, 2.05) is 0 Å². The normalized spacial score (nSPS) is 12.1. The van der Waals surface area contributed by atoms with Crippen molar-refractivity contribution >= 4 is 35.9 Å². The molecule has 17 heteroatoms. The Bertz CT molecular complexity index is 785. The molecular weight excluding hydrogens is 527 g/mol. The minimum Gasteiger partial charge on any atom is -0.542 e. The van der Waals surface area contributed by atoms with E-state index in [9.17, 15) is 37.1 Å². The first-order valence-electron chi connectivity index (χ1n) is 11.1. The molecule has 0 saturated heterocycles. The summed E-state index contributed by atoms with van der Waals surface area (Å²) in [6, 6.07) is -2.11. The molecule has 0 spiro atoms. The van der Waals surface area contributed by atoms with E-state index in [4.69, 9.17) is 25.5 Å². The summed E-state index contributed by atoms with van der Waals surface area (Å²) in [5.41, 5.74) is 4.67. The van der Waals surface area contributed by atoms with Crippen LogP contribution in [0.25, 0.3) is 0 Å². The second-order valence-corrected chi connectivity index (χ2v) is 7.85. The van der Waals surface area contributed by atoms with Crippen LogP contribution >= 0.6 is 0 Å². The van der Waals surface area contributed by atoms with Gasteiger partial charge in [-0.15, -0.1) is 0 Å². The number of nitrogens with one attached hydrogen (secondary N) is 2. The Balaban J connectivity index is -0.000000533. The summed E-state index contributed by atoms with van der Waals surface area (Å²) in [6.45, 7) is 11.0. The van der Waals surface area contributed by atoms with E-state index >= 15 is 0 Å². The summed E-state index contributed by atoms with van der Waals surface area (Å²) in [5, 5.41) is 22.2. The number of aliphatic carboxylic acids is 2. The number of carbonyl (C=O) groups is 6. The Morgan fingerprint density at radius 1 is 0.921 bits per heavy atom. The van der Waals surface area contributed by atoms with Gasteiger partial charge in [0, 0.05) is 6.54 Å². The van der Waals surface area contributed by atoms with Crippen LogP contribution in [0.5, 0.6) is 0 Å². The second-order valence-electron chi connectivity index (χ2n) is 7.85. The van der Waals surface area contributed by atoms with Crippen LogP contribution < -0.4 is 21.5 Å². The van der Waals surface area contributed by atoms with E-state index in [-0.39, 0.29) is 25.5 Å². The molecule has 0 fully saturated rings. The first-order chi connectivity index (χ1) is 17.2. The molecule has 2 unspecified atom stereocenters. The number of nitrogens with two attached hydrogens (primary N) is 1. The maximum Gasteiger partial charge on any atom is 0.430 e. The highest BCUT2D eigenvalue weighted by molar-refractivity contribution is 5.86. The Kier molecular flexibility index (Phi) is 19.9. The Labute approximate surface area is 217 Å². The molecule has 0 aliphatic heterocycles. The third-order valence-electron chi connectivity index (χ3n) is 3.24.